The number of rotatable bonds is 8. The number of ether oxygens (including phenoxy) is 1. The summed E-state index contributed by atoms with van der Waals surface area (Å²) in [6.45, 7) is 6.28. The van der Waals surface area contributed by atoms with Gasteiger partial charge in [-0.1, -0.05) is 13.8 Å². The van der Waals surface area contributed by atoms with Crippen molar-refractivity contribution in [3.05, 3.63) is 34.3 Å². The van der Waals surface area contributed by atoms with Crippen LogP contribution >= 0.6 is 11.3 Å². The Morgan fingerprint density at radius 3 is 2.95 bits per heavy atom. The van der Waals surface area contributed by atoms with E-state index < -0.39 is 0 Å². The van der Waals surface area contributed by atoms with Gasteiger partial charge < -0.3 is 10.1 Å². The van der Waals surface area contributed by atoms with Crippen molar-refractivity contribution in [3.63, 3.8) is 0 Å². The molecule has 0 aliphatic heterocycles. The predicted molar refractivity (Wildman–Crippen MR) is 83.5 cm³/mol. The molecule has 1 unspecified atom stereocenters. The summed E-state index contributed by atoms with van der Waals surface area (Å²) < 4.78 is 7.48. The summed E-state index contributed by atoms with van der Waals surface area (Å²) in [5.41, 5.74) is 1.20. The van der Waals surface area contributed by atoms with Crippen LogP contribution in [0.15, 0.2) is 23.8 Å². The maximum Gasteiger partial charge on any atom is 0.134 e. The molecule has 2 heterocycles. The van der Waals surface area contributed by atoms with Gasteiger partial charge in [0.15, 0.2) is 0 Å². The molecule has 0 aliphatic rings. The molecule has 110 valence electrons. The number of hydrogen-bond donors (Lipinski definition) is 1. The minimum Gasteiger partial charge on any atom is -0.496 e. The quantitative estimate of drug-likeness (QED) is 0.810. The van der Waals surface area contributed by atoms with Gasteiger partial charge in [-0.2, -0.15) is 5.10 Å². The molecule has 5 heteroatoms. The third kappa shape index (κ3) is 3.41. The number of nitrogens with one attached hydrogen (secondary N) is 1. The molecule has 2 rings (SSSR count). The van der Waals surface area contributed by atoms with Crippen LogP contribution in [0.25, 0.3) is 0 Å². The van der Waals surface area contributed by atoms with E-state index in [2.05, 4.69) is 35.8 Å². The van der Waals surface area contributed by atoms with Crippen LogP contribution < -0.4 is 10.1 Å². The number of nitrogens with zero attached hydrogens (tertiary/aromatic N) is 2. The molecule has 20 heavy (non-hydrogen) atoms. The lowest BCUT2D eigenvalue weighted by Gasteiger charge is -2.17. The Labute approximate surface area is 124 Å². The van der Waals surface area contributed by atoms with Crippen molar-refractivity contribution in [3.8, 4) is 5.75 Å². The summed E-state index contributed by atoms with van der Waals surface area (Å²) in [4.78, 5) is 1.22. The Balaban J connectivity index is 2.26. The topological polar surface area (TPSA) is 39.1 Å². The molecule has 1 atom stereocenters. The summed E-state index contributed by atoms with van der Waals surface area (Å²) in [5.74, 6) is 0.951. The predicted octanol–water partition coefficient (Wildman–Crippen LogP) is 3.45. The second-order valence-electron chi connectivity index (χ2n) is 4.78. The fraction of sp³-hybridized carbons (Fsp3) is 0.533. The molecular formula is C15H23N3OS. The highest BCUT2D eigenvalue weighted by atomic mass is 32.1. The first-order valence-electron chi connectivity index (χ1n) is 7.17. The zero-order valence-electron chi connectivity index (χ0n) is 12.4. The van der Waals surface area contributed by atoms with Gasteiger partial charge in [0.25, 0.3) is 0 Å². The highest BCUT2D eigenvalue weighted by molar-refractivity contribution is 7.10. The van der Waals surface area contributed by atoms with Crippen molar-refractivity contribution in [2.45, 2.75) is 39.3 Å². The van der Waals surface area contributed by atoms with Gasteiger partial charge in [0.05, 0.1) is 24.2 Å². The van der Waals surface area contributed by atoms with E-state index in [1.807, 2.05) is 16.9 Å². The minimum absolute atomic E-state index is 0.163. The number of methoxy groups -OCH3 is 1. The fourth-order valence-corrected chi connectivity index (χ4v) is 3.18. The molecular weight excluding hydrogens is 270 g/mol. The van der Waals surface area contributed by atoms with Crippen molar-refractivity contribution in [2.75, 3.05) is 13.7 Å². The van der Waals surface area contributed by atoms with Gasteiger partial charge in [-0.3, -0.25) is 4.68 Å². The van der Waals surface area contributed by atoms with Gasteiger partial charge in [0, 0.05) is 18.3 Å². The monoisotopic (exact) mass is 293 g/mol. The number of thiophene rings is 1. The van der Waals surface area contributed by atoms with Crippen molar-refractivity contribution in [1.82, 2.24) is 15.1 Å². The molecule has 0 aliphatic carbocycles. The summed E-state index contributed by atoms with van der Waals surface area (Å²) >= 11 is 1.73. The van der Waals surface area contributed by atoms with E-state index in [1.165, 1.54) is 10.4 Å². The first kappa shape index (κ1) is 15.1. The fourth-order valence-electron chi connectivity index (χ4n) is 2.22. The van der Waals surface area contributed by atoms with E-state index in [-0.39, 0.29) is 6.04 Å². The Bertz CT molecular complexity index is 521. The summed E-state index contributed by atoms with van der Waals surface area (Å²) in [7, 11) is 1.73. The van der Waals surface area contributed by atoms with Crippen LogP contribution in [-0.4, -0.2) is 23.4 Å². The third-order valence-corrected chi connectivity index (χ3v) is 4.14. The second-order valence-corrected chi connectivity index (χ2v) is 5.72. The van der Waals surface area contributed by atoms with Crippen LogP contribution in [0.3, 0.4) is 0 Å². The molecule has 2 aromatic heterocycles. The van der Waals surface area contributed by atoms with Gasteiger partial charge in [-0.05, 0) is 30.8 Å². The molecule has 0 amide bonds. The standard InChI is InChI=1S/C15H23N3OS/c1-4-7-16-14(15-13(19-3)6-9-20-15)12-10-17-18(11-12)8-5-2/h6,9-11,14,16H,4-5,7-8H2,1-3H3. The van der Waals surface area contributed by atoms with Crippen LogP contribution in [0.2, 0.25) is 0 Å². The number of hydrogen-bond acceptors (Lipinski definition) is 4. The molecule has 2 aromatic rings. The normalized spacial score (nSPS) is 12.6. The maximum atomic E-state index is 5.47. The van der Waals surface area contributed by atoms with Gasteiger partial charge >= 0.3 is 0 Å². The van der Waals surface area contributed by atoms with Crippen LogP contribution in [0, 0.1) is 0 Å². The molecule has 4 nitrogen and oxygen atoms in total. The zero-order valence-corrected chi connectivity index (χ0v) is 13.2. The minimum atomic E-state index is 0.163. The molecule has 0 bridgehead atoms. The molecule has 0 saturated carbocycles. The van der Waals surface area contributed by atoms with Crippen LogP contribution in [0.4, 0.5) is 0 Å². The van der Waals surface area contributed by atoms with E-state index in [9.17, 15) is 0 Å². The van der Waals surface area contributed by atoms with Crippen LogP contribution in [0.5, 0.6) is 5.75 Å². The Hall–Kier alpha value is -1.33. The number of aryl methyl sites for hydroxylation is 1. The largest absolute Gasteiger partial charge is 0.496 e. The lowest BCUT2D eigenvalue weighted by atomic mass is 10.1. The molecule has 0 aromatic carbocycles. The first-order chi connectivity index (χ1) is 9.80. The summed E-state index contributed by atoms with van der Waals surface area (Å²) in [6.07, 6.45) is 6.29. The van der Waals surface area contributed by atoms with Crippen molar-refractivity contribution < 1.29 is 4.74 Å². The lowest BCUT2D eigenvalue weighted by molar-refractivity contribution is 0.407. The second kappa shape index (κ2) is 7.45. The van der Waals surface area contributed by atoms with Gasteiger partial charge in [-0.15, -0.1) is 11.3 Å². The summed E-state index contributed by atoms with van der Waals surface area (Å²) in [5, 5.41) is 10.1. The van der Waals surface area contributed by atoms with Gasteiger partial charge in [0.1, 0.15) is 5.75 Å². The van der Waals surface area contributed by atoms with Gasteiger partial charge in [0.2, 0.25) is 0 Å². The summed E-state index contributed by atoms with van der Waals surface area (Å²) in [6, 6.07) is 2.19. The van der Waals surface area contributed by atoms with E-state index in [0.29, 0.717) is 0 Å². The smallest absolute Gasteiger partial charge is 0.134 e. The van der Waals surface area contributed by atoms with Crippen LogP contribution in [0.1, 0.15) is 43.2 Å². The highest BCUT2D eigenvalue weighted by Crippen LogP contribution is 2.34. The Morgan fingerprint density at radius 2 is 2.25 bits per heavy atom. The molecule has 0 fully saturated rings. The van der Waals surface area contributed by atoms with Crippen molar-refractivity contribution >= 4 is 11.3 Å². The van der Waals surface area contributed by atoms with Crippen LogP contribution in [-0.2, 0) is 6.54 Å². The molecule has 0 spiro atoms. The first-order valence-corrected chi connectivity index (χ1v) is 8.05. The third-order valence-electron chi connectivity index (χ3n) is 3.18. The zero-order chi connectivity index (χ0) is 14.4. The Kier molecular flexibility index (Phi) is 5.61. The van der Waals surface area contributed by atoms with Crippen molar-refractivity contribution in [2.24, 2.45) is 0 Å². The van der Waals surface area contributed by atoms with E-state index >= 15 is 0 Å². The van der Waals surface area contributed by atoms with Gasteiger partial charge in [-0.25, -0.2) is 0 Å². The molecule has 0 saturated heterocycles. The maximum absolute atomic E-state index is 5.47. The SMILES string of the molecule is CCCNC(c1cnn(CCC)c1)c1sccc1OC. The average molecular weight is 293 g/mol. The molecule has 0 radical (unpaired) electrons. The highest BCUT2D eigenvalue weighted by Gasteiger charge is 2.20. The molecule has 1 N–H and O–H groups in total. The number of aromatic nitrogens is 2. The van der Waals surface area contributed by atoms with E-state index in [1.54, 1.807) is 18.4 Å². The van der Waals surface area contributed by atoms with E-state index in [4.69, 9.17) is 4.74 Å². The van der Waals surface area contributed by atoms with Crippen molar-refractivity contribution in [1.29, 1.82) is 0 Å². The average Bonchev–Trinajstić information content (AvgIpc) is 3.09. The lowest BCUT2D eigenvalue weighted by Crippen LogP contribution is -2.22. The van der Waals surface area contributed by atoms with E-state index in [0.717, 1.165) is 31.7 Å². The Morgan fingerprint density at radius 1 is 1.40 bits per heavy atom.